The zero-order valence-electron chi connectivity index (χ0n) is 38.4. The maximum absolute atomic E-state index is 14.0. The number of hydrogen-bond donors (Lipinski definition) is 15. The van der Waals surface area contributed by atoms with Gasteiger partial charge in [-0.1, -0.05) is 0 Å². The first-order valence-corrected chi connectivity index (χ1v) is 22.1. The van der Waals surface area contributed by atoms with Crippen LogP contribution in [0.3, 0.4) is 0 Å². The molecule has 0 saturated carbocycles. The summed E-state index contributed by atoms with van der Waals surface area (Å²) < 4.78 is 0. The number of carbonyl (C=O) groups is 13. The molecule has 30 nitrogen and oxygen atoms in total. The molecule has 2 aliphatic rings. The average molecular weight is 1000 g/mol. The van der Waals surface area contributed by atoms with Crippen LogP contribution >= 0.6 is 0 Å². The predicted octanol–water partition coefficient (Wildman–Crippen LogP) is -8.09. The summed E-state index contributed by atoms with van der Waals surface area (Å²) >= 11 is 0. The molecule has 30 heteroatoms. The lowest BCUT2D eigenvalue weighted by molar-refractivity contribution is -0.150. The number of aliphatic hydroxyl groups is 3. The molecule has 18 N–H and O–H groups in total. The smallest absolute Gasteiger partial charge is 0.328 e. The van der Waals surface area contributed by atoms with Crippen molar-refractivity contribution in [3.05, 3.63) is 0 Å². The third-order valence-corrected chi connectivity index (χ3v) is 11.2. The maximum atomic E-state index is 14.0. The lowest BCUT2D eigenvalue weighted by Crippen LogP contribution is -2.62. The lowest BCUT2D eigenvalue weighted by atomic mass is 10.1. The molecule has 0 aromatic rings. The number of nitrogens with one attached hydrogen (secondary N) is 6. The van der Waals surface area contributed by atoms with Gasteiger partial charge in [-0.15, -0.1) is 0 Å². The second-order valence-corrected chi connectivity index (χ2v) is 16.7. The molecule has 392 valence electrons. The highest BCUT2D eigenvalue weighted by molar-refractivity contribution is 5.99. The largest absolute Gasteiger partial charge is 0.481 e. The lowest BCUT2D eigenvalue weighted by Gasteiger charge is -2.33. The molecule has 0 bridgehead atoms. The second kappa shape index (κ2) is 27.8. The molecule has 0 spiro atoms. The summed E-state index contributed by atoms with van der Waals surface area (Å²) in [5, 5.41) is 71.8. The minimum atomic E-state index is -2.03. The van der Waals surface area contributed by atoms with Gasteiger partial charge in [0.2, 0.25) is 59.1 Å². The summed E-state index contributed by atoms with van der Waals surface area (Å²) in [7, 11) is 0. The predicted molar refractivity (Wildman–Crippen MR) is 233 cm³/mol. The first-order chi connectivity index (χ1) is 32.7. The standard InChI is InChI=1S/C40H63N11O19/c1-17(53)30(48-35(64)23(16-52)47-34(63)20(8-11-27(43)56)44-32(61)19(41)7-10-26(42)55)37(66)45-21(9-12-28(57)58)33(62)46-22(15-29(59)60)38(67)51-14-4-6-25(51)39(68)50-13-3-5-24(50)36(65)49-31(18(2)54)40(69)70/h17-25,30-31,52-54H,3-16,41H2,1-2H3,(H2,42,55)(H2,43,56)(H,44,61)(H,45,66)(H,46,62)(H,47,63)(H,48,64)(H,49,65)(H,57,58)(H,59,60)(H,69,70)/t17-,18-,19+,20+,21+,22+,23+,24+,25+,30+,31+/m1/s1. The van der Waals surface area contributed by atoms with Gasteiger partial charge < -0.3 is 89.5 Å². The van der Waals surface area contributed by atoms with E-state index in [2.05, 4.69) is 31.9 Å². The molecule has 0 aromatic heterocycles. The molecule has 2 fully saturated rings. The van der Waals surface area contributed by atoms with Gasteiger partial charge in [0.05, 0.1) is 31.3 Å². The summed E-state index contributed by atoms with van der Waals surface area (Å²) in [6.45, 7) is 0.848. The molecule has 2 rings (SSSR count). The summed E-state index contributed by atoms with van der Waals surface area (Å²) in [4.78, 5) is 168. The molecule has 70 heavy (non-hydrogen) atoms. The van der Waals surface area contributed by atoms with Gasteiger partial charge in [0, 0.05) is 32.4 Å². The summed E-state index contributed by atoms with van der Waals surface area (Å²) in [6.07, 6.45) is -6.76. The van der Waals surface area contributed by atoms with E-state index in [4.69, 9.17) is 17.2 Å². The third-order valence-electron chi connectivity index (χ3n) is 11.2. The number of nitrogens with two attached hydrogens (primary N) is 3. The van der Waals surface area contributed by atoms with Gasteiger partial charge in [-0.25, -0.2) is 4.79 Å². The third kappa shape index (κ3) is 18.1. The quantitative estimate of drug-likeness (QED) is 0.0331. The van der Waals surface area contributed by atoms with Crippen LogP contribution in [0.15, 0.2) is 0 Å². The number of likely N-dealkylation sites (tertiary alicyclic amines) is 2. The van der Waals surface area contributed by atoms with Gasteiger partial charge >= 0.3 is 17.9 Å². The summed E-state index contributed by atoms with van der Waals surface area (Å²) in [6, 6.07) is -15.0. The van der Waals surface area contributed by atoms with Crippen molar-refractivity contribution in [2.45, 2.75) is 151 Å². The molecule has 0 aliphatic carbocycles. The SMILES string of the molecule is C[C@@H](O)[C@H](NC(=O)[C@@H]1CCCN1C(=O)[C@@H]1CCCN1C(=O)[C@H](CC(=O)O)NC(=O)[C@H](CCC(=O)O)NC(=O)[C@@H](NC(=O)[C@H](CO)NC(=O)[C@H](CCC(N)=O)NC(=O)[C@@H](N)CCC(N)=O)[C@@H](C)O)C(=O)O. The van der Waals surface area contributed by atoms with Gasteiger partial charge in [0.1, 0.15) is 42.3 Å². The molecule has 0 aromatic carbocycles. The van der Waals surface area contributed by atoms with Crippen molar-refractivity contribution in [1.82, 2.24) is 41.7 Å². The molecule has 2 heterocycles. The van der Waals surface area contributed by atoms with Crippen molar-refractivity contribution in [3.63, 3.8) is 0 Å². The Morgan fingerprint density at radius 2 is 1.03 bits per heavy atom. The molecule has 11 atom stereocenters. The number of aliphatic carboxylic acids is 3. The summed E-state index contributed by atoms with van der Waals surface area (Å²) in [5.41, 5.74) is 16.0. The fourth-order valence-electron chi connectivity index (χ4n) is 7.45. The molecule has 10 amide bonds. The molecule has 0 radical (unpaired) electrons. The van der Waals surface area contributed by atoms with Crippen LogP contribution in [0, 0.1) is 0 Å². The Balaban J connectivity index is 2.30. The van der Waals surface area contributed by atoms with Crippen molar-refractivity contribution >= 4 is 77.0 Å². The van der Waals surface area contributed by atoms with Crippen LogP contribution in [0.1, 0.15) is 84.5 Å². The zero-order chi connectivity index (χ0) is 53.2. The van der Waals surface area contributed by atoms with Gasteiger partial charge in [-0.2, -0.15) is 0 Å². The van der Waals surface area contributed by atoms with E-state index in [0.717, 1.165) is 23.6 Å². The van der Waals surface area contributed by atoms with Crippen LogP contribution in [-0.4, -0.2) is 204 Å². The van der Waals surface area contributed by atoms with Crippen molar-refractivity contribution in [3.8, 4) is 0 Å². The molecule has 2 saturated heterocycles. The van der Waals surface area contributed by atoms with Crippen LogP contribution < -0.4 is 49.1 Å². The second-order valence-electron chi connectivity index (χ2n) is 16.7. The first-order valence-electron chi connectivity index (χ1n) is 22.1. The monoisotopic (exact) mass is 1000 g/mol. The van der Waals surface area contributed by atoms with Crippen molar-refractivity contribution < 1.29 is 93.0 Å². The van der Waals surface area contributed by atoms with E-state index in [1.165, 1.54) is 0 Å². The molecule has 0 unspecified atom stereocenters. The number of aliphatic hydroxyl groups excluding tert-OH is 3. The van der Waals surface area contributed by atoms with Gasteiger partial charge in [0.15, 0.2) is 6.04 Å². The Labute approximate surface area is 399 Å². The normalized spacial score (nSPS) is 19.3. The van der Waals surface area contributed by atoms with E-state index in [9.17, 15) is 93.0 Å². The molecular weight excluding hydrogens is 938 g/mol. The van der Waals surface area contributed by atoms with E-state index in [1.807, 2.05) is 0 Å². The fraction of sp³-hybridized carbons (Fsp3) is 0.675. The number of carboxylic acid groups (broad SMARTS) is 3. The van der Waals surface area contributed by atoms with E-state index in [-0.39, 0.29) is 45.2 Å². The van der Waals surface area contributed by atoms with E-state index < -0.39 is 182 Å². The topological polar surface area (TPSA) is 500 Å². The Kier molecular flexibility index (Phi) is 23.5. The number of primary amides is 2. The number of amides is 10. The summed E-state index contributed by atoms with van der Waals surface area (Å²) in [5.74, 6) is -15.2. The van der Waals surface area contributed by atoms with Crippen LogP contribution in [0.25, 0.3) is 0 Å². The van der Waals surface area contributed by atoms with Gasteiger partial charge in [0.25, 0.3) is 0 Å². The Hall–Kier alpha value is -7.05. The number of carboxylic acids is 3. The average Bonchev–Trinajstić information content (AvgIpc) is 3.98. The van der Waals surface area contributed by atoms with E-state index >= 15 is 0 Å². The Bertz CT molecular complexity index is 1990. The van der Waals surface area contributed by atoms with Crippen molar-refractivity contribution in [1.29, 1.82) is 0 Å². The highest BCUT2D eigenvalue weighted by Gasteiger charge is 2.45. The van der Waals surface area contributed by atoms with Gasteiger partial charge in [-0.05, 0) is 58.8 Å². The van der Waals surface area contributed by atoms with Crippen molar-refractivity contribution in [2.75, 3.05) is 19.7 Å². The van der Waals surface area contributed by atoms with Crippen molar-refractivity contribution in [2.24, 2.45) is 17.2 Å². The highest BCUT2D eigenvalue weighted by Crippen LogP contribution is 2.26. The molecular formula is C40H63N11O19. The minimum Gasteiger partial charge on any atom is -0.481 e. The molecule has 2 aliphatic heterocycles. The van der Waals surface area contributed by atoms with Crippen LogP contribution in [0.4, 0.5) is 0 Å². The zero-order valence-corrected chi connectivity index (χ0v) is 38.4. The Morgan fingerprint density at radius 1 is 0.557 bits per heavy atom. The van der Waals surface area contributed by atoms with Crippen LogP contribution in [0.5, 0.6) is 0 Å². The van der Waals surface area contributed by atoms with E-state index in [0.29, 0.717) is 6.42 Å². The number of rotatable bonds is 29. The number of carbonyl (C=O) groups excluding carboxylic acids is 10. The van der Waals surface area contributed by atoms with Gasteiger partial charge in [-0.3, -0.25) is 57.5 Å². The van der Waals surface area contributed by atoms with Crippen LogP contribution in [-0.2, 0) is 62.3 Å². The maximum Gasteiger partial charge on any atom is 0.328 e. The van der Waals surface area contributed by atoms with E-state index in [1.54, 1.807) is 0 Å². The highest BCUT2D eigenvalue weighted by atomic mass is 16.4. The minimum absolute atomic E-state index is 0.0151. The van der Waals surface area contributed by atoms with Crippen LogP contribution in [0.2, 0.25) is 0 Å². The fourth-order valence-corrected chi connectivity index (χ4v) is 7.45. The Morgan fingerprint density at radius 3 is 1.53 bits per heavy atom. The number of hydrogen-bond acceptors (Lipinski definition) is 17. The first kappa shape index (κ1) is 59.1. The number of nitrogens with zero attached hydrogens (tertiary/aromatic N) is 2.